The molecule has 7 nitrogen and oxygen atoms in total. The van der Waals surface area contributed by atoms with Gasteiger partial charge in [0.2, 0.25) is 5.88 Å². The number of fused-ring (bicyclic) bond motifs is 1. The van der Waals surface area contributed by atoms with Crippen LogP contribution in [0.3, 0.4) is 0 Å². The lowest BCUT2D eigenvalue weighted by molar-refractivity contribution is 0.137. The summed E-state index contributed by atoms with van der Waals surface area (Å²) in [6.45, 7) is 0.828. The molecule has 9 heteroatoms. The van der Waals surface area contributed by atoms with E-state index in [2.05, 4.69) is 9.71 Å². The quantitative estimate of drug-likeness (QED) is 0.780. The molecule has 2 heterocycles. The minimum absolute atomic E-state index is 0.234. The average Bonchev–Trinajstić information content (AvgIpc) is 2.82. The molecule has 1 aromatic carbocycles. The maximum atomic E-state index is 11.2. The fraction of sp³-hybridized carbons (Fsp3) is 0.250. The van der Waals surface area contributed by atoms with Crippen molar-refractivity contribution in [3.05, 3.63) is 41.0 Å². The molecule has 132 valence electrons. The number of rotatable bonds is 4. The molecule has 0 saturated carbocycles. The van der Waals surface area contributed by atoms with Gasteiger partial charge in [0.15, 0.2) is 0 Å². The van der Waals surface area contributed by atoms with Crippen LogP contribution in [0.15, 0.2) is 35.4 Å². The Hall–Kier alpha value is -2.32. The van der Waals surface area contributed by atoms with Crippen molar-refractivity contribution in [2.24, 2.45) is 0 Å². The minimum atomic E-state index is -0.979. The Balaban J connectivity index is 1.76. The first-order chi connectivity index (χ1) is 12.1. The van der Waals surface area contributed by atoms with Gasteiger partial charge >= 0.3 is 6.09 Å². The molecule has 1 amide bonds. The molecule has 2 N–H and O–H groups in total. The van der Waals surface area contributed by atoms with Gasteiger partial charge in [-0.1, -0.05) is 11.6 Å². The second kappa shape index (κ2) is 7.71. The predicted molar refractivity (Wildman–Crippen MR) is 95.7 cm³/mol. The van der Waals surface area contributed by atoms with E-state index in [1.54, 1.807) is 31.5 Å². The van der Waals surface area contributed by atoms with E-state index in [-0.39, 0.29) is 13.2 Å². The number of aromatic nitrogens is 1. The van der Waals surface area contributed by atoms with E-state index in [0.29, 0.717) is 28.8 Å². The fourth-order valence-corrected chi connectivity index (χ4v) is 3.36. The number of methoxy groups -OCH3 is 1. The third-order valence-corrected chi connectivity index (χ3v) is 4.67. The standard InChI is InChI=1S/C16H16ClN3O4S/c1-23-13-3-2-11(17)7-14(13)25-19-12-6-10-9-20(16(21)22)4-5-24-15(10)18-8-12/h2-3,6-8,19H,4-5,9H2,1H3,(H,21,22). The number of carboxylic acid groups (broad SMARTS) is 1. The zero-order chi connectivity index (χ0) is 17.8. The van der Waals surface area contributed by atoms with Crippen molar-refractivity contribution in [1.82, 2.24) is 9.88 Å². The van der Waals surface area contributed by atoms with Gasteiger partial charge in [0.1, 0.15) is 12.4 Å². The molecular formula is C16H16ClN3O4S. The highest BCUT2D eigenvalue weighted by molar-refractivity contribution is 8.00. The van der Waals surface area contributed by atoms with Crippen LogP contribution < -0.4 is 14.2 Å². The number of nitrogens with zero attached hydrogens (tertiary/aromatic N) is 2. The largest absolute Gasteiger partial charge is 0.496 e. The molecule has 0 aliphatic carbocycles. The number of anilines is 1. The average molecular weight is 382 g/mol. The fourth-order valence-electron chi connectivity index (χ4n) is 2.34. The van der Waals surface area contributed by atoms with Crippen LogP contribution in [-0.2, 0) is 6.54 Å². The van der Waals surface area contributed by atoms with E-state index in [9.17, 15) is 9.90 Å². The number of halogens is 1. The summed E-state index contributed by atoms with van der Waals surface area (Å²) in [5.74, 6) is 1.16. The van der Waals surface area contributed by atoms with Crippen LogP contribution in [0.1, 0.15) is 5.56 Å². The first-order valence-corrected chi connectivity index (χ1v) is 8.62. The lowest BCUT2D eigenvalue weighted by Gasteiger charge is -2.15. The van der Waals surface area contributed by atoms with Crippen molar-refractivity contribution in [3.8, 4) is 11.6 Å². The monoisotopic (exact) mass is 381 g/mol. The molecule has 0 radical (unpaired) electrons. The van der Waals surface area contributed by atoms with Crippen LogP contribution in [-0.4, -0.2) is 41.3 Å². The maximum absolute atomic E-state index is 11.2. The summed E-state index contributed by atoms with van der Waals surface area (Å²) in [5, 5.41) is 9.80. The number of pyridine rings is 1. The number of amides is 1. The molecule has 0 saturated heterocycles. The van der Waals surface area contributed by atoms with E-state index in [1.165, 1.54) is 16.8 Å². The molecule has 0 unspecified atom stereocenters. The molecule has 3 rings (SSSR count). The highest BCUT2D eigenvalue weighted by Gasteiger charge is 2.20. The normalized spacial score (nSPS) is 13.4. The maximum Gasteiger partial charge on any atom is 0.407 e. The minimum Gasteiger partial charge on any atom is -0.496 e. The van der Waals surface area contributed by atoms with Gasteiger partial charge in [0.25, 0.3) is 0 Å². The number of carbonyl (C=O) groups is 1. The Kier molecular flexibility index (Phi) is 5.40. The Bertz CT molecular complexity index is 790. The predicted octanol–water partition coefficient (Wildman–Crippen LogP) is 3.74. The van der Waals surface area contributed by atoms with E-state index in [4.69, 9.17) is 21.1 Å². The van der Waals surface area contributed by atoms with Crippen molar-refractivity contribution < 1.29 is 19.4 Å². The molecule has 1 aromatic heterocycles. The van der Waals surface area contributed by atoms with E-state index < -0.39 is 6.09 Å². The number of ether oxygens (including phenoxy) is 2. The SMILES string of the molecule is COc1ccc(Cl)cc1SNc1cnc2c(c1)CN(C(=O)O)CCO2. The van der Waals surface area contributed by atoms with Crippen LogP contribution in [0, 0.1) is 0 Å². The number of benzene rings is 1. The summed E-state index contributed by atoms with van der Waals surface area (Å²) >= 11 is 7.36. The molecule has 2 aromatic rings. The van der Waals surface area contributed by atoms with Gasteiger partial charge in [-0.3, -0.25) is 0 Å². The molecule has 0 spiro atoms. The van der Waals surface area contributed by atoms with Crippen molar-refractivity contribution in [2.75, 3.05) is 25.0 Å². The molecule has 25 heavy (non-hydrogen) atoms. The first kappa shape index (κ1) is 17.5. The van der Waals surface area contributed by atoms with Gasteiger partial charge in [-0.15, -0.1) is 0 Å². The molecule has 1 aliphatic heterocycles. The summed E-state index contributed by atoms with van der Waals surface area (Å²) in [7, 11) is 1.59. The van der Waals surface area contributed by atoms with Crippen molar-refractivity contribution in [1.29, 1.82) is 0 Å². The topological polar surface area (TPSA) is 83.9 Å². The number of nitrogens with one attached hydrogen (secondary N) is 1. The second-order valence-electron chi connectivity index (χ2n) is 5.24. The lowest BCUT2D eigenvalue weighted by atomic mass is 10.2. The Labute approximate surface area is 154 Å². The first-order valence-electron chi connectivity index (χ1n) is 7.43. The molecular weight excluding hydrogens is 366 g/mol. The summed E-state index contributed by atoms with van der Waals surface area (Å²) in [4.78, 5) is 17.6. The summed E-state index contributed by atoms with van der Waals surface area (Å²) in [6.07, 6.45) is 0.659. The third kappa shape index (κ3) is 4.21. The van der Waals surface area contributed by atoms with Crippen molar-refractivity contribution >= 4 is 35.3 Å². The van der Waals surface area contributed by atoms with Crippen LogP contribution >= 0.6 is 23.5 Å². The van der Waals surface area contributed by atoms with Gasteiger partial charge in [0.05, 0.1) is 37.0 Å². The summed E-state index contributed by atoms with van der Waals surface area (Å²) in [5.41, 5.74) is 1.44. The lowest BCUT2D eigenvalue weighted by Crippen LogP contribution is -2.30. The van der Waals surface area contributed by atoms with Crippen LogP contribution in [0.4, 0.5) is 10.5 Å². The Morgan fingerprint density at radius 2 is 2.32 bits per heavy atom. The highest BCUT2D eigenvalue weighted by Crippen LogP contribution is 2.33. The Morgan fingerprint density at radius 1 is 1.48 bits per heavy atom. The molecule has 0 fully saturated rings. The smallest absolute Gasteiger partial charge is 0.407 e. The molecule has 0 atom stereocenters. The van der Waals surface area contributed by atoms with Crippen LogP contribution in [0.2, 0.25) is 5.02 Å². The highest BCUT2D eigenvalue weighted by atomic mass is 35.5. The van der Waals surface area contributed by atoms with Gasteiger partial charge in [-0.25, -0.2) is 9.78 Å². The van der Waals surface area contributed by atoms with E-state index >= 15 is 0 Å². The summed E-state index contributed by atoms with van der Waals surface area (Å²) < 4.78 is 14.0. The van der Waals surface area contributed by atoms with Gasteiger partial charge in [0, 0.05) is 10.6 Å². The molecule has 0 bridgehead atoms. The zero-order valence-corrected chi connectivity index (χ0v) is 14.9. The summed E-state index contributed by atoms with van der Waals surface area (Å²) in [6, 6.07) is 7.17. The number of hydrogen-bond acceptors (Lipinski definition) is 6. The van der Waals surface area contributed by atoms with Gasteiger partial charge in [-0.2, -0.15) is 0 Å². The van der Waals surface area contributed by atoms with Crippen molar-refractivity contribution in [3.63, 3.8) is 0 Å². The molecule has 1 aliphatic rings. The second-order valence-corrected chi connectivity index (χ2v) is 6.52. The number of hydrogen-bond donors (Lipinski definition) is 2. The van der Waals surface area contributed by atoms with E-state index in [1.807, 2.05) is 6.07 Å². The van der Waals surface area contributed by atoms with Crippen LogP contribution in [0.5, 0.6) is 11.6 Å². The Morgan fingerprint density at radius 3 is 3.08 bits per heavy atom. The van der Waals surface area contributed by atoms with Gasteiger partial charge in [-0.05, 0) is 36.2 Å². The van der Waals surface area contributed by atoms with Crippen LogP contribution in [0.25, 0.3) is 0 Å². The van der Waals surface area contributed by atoms with Crippen molar-refractivity contribution in [2.45, 2.75) is 11.4 Å². The van der Waals surface area contributed by atoms with E-state index in [0.717, 1.165) is 10.6 Å². The zero-order valence-electron chi connectivity index (χ0n) is 13.4. The third-order valence-electron chi connectivity index (χ3n) is 3.56. The van der Waals surface area contributed by atoms with Gasteiger partial charge < -0.3 is 24.2 Å².